The lowest BCUT2D eigenvalue weighted by Gasteiger charge is -2.19. The maximum absolute atomic E-state index is 13.4. The molecule has 2 rings (SSSR count). The van der Waals surface area contributed by atoms with Crippen molar-refractivity contribution in [2.24, 2.45) is 0 Å². The van der Waals surface area contributed by atoms with Gasteiger partial charge in [-0.15, -0.1) is 0 Å². The van der Waals surface area contributed by atoms with Crippen LogP contribution >= 0.6 is 0 Å². The number of nitrogens with one attached hydrogen (secondary N) is 1. The Morgan fingerprint density at radius 3 is 2.65 bits per heavy atom. The molecule has 0 spiro atoms. The van der Waals surface area contributed by atoms with E-state index in [-0.39, 0.29) is 30.6 Å². The molecule has 1 fully saturated rings. The lowest BCUT2D eigenvalue weighted by atomic mass is 10.3. The van der Waals surface area contributed by atoms with E-state index in [1.165, 1.54) is 12.1 Å². The Morgan fingerprint density at radius 2 is 2.05 bits per heavy atom. The van der Waals surface area contributed by atoms with Crippen LogP contribution in [0.15, 0.2) is 24.3 Å². The van der Waals surface area contributed by atoms with Gasteiger partial charge in [0, 0.05) is 19.0 Å². The number of amides is 1. The molecular weight excluding hydrogens is 263 g/mol. The first kappa shape index (κ1) is 14.5. The normalized spacial score (nSPS) is 14.3. The third kappa shape index (κ3) is 4.31. The molecule has 1 aliphatic rings. The molecule has 1 saturated carbocycles. The van der Waals surface area contributed by atoms with E-state index in [1.807, 2.05) is 0 Å². The summed E-state index contributed by atoms with van der Waals surface area (Å²) >= 11 is 0. The quantitative estimate of drug-likeness (QED) is 0.797. The Morgan fingerprint density at radius 1 is 1.35 bits per heavy atom. The Labute approximate surface area is 116 Å². The van der Waals surface area contributed by atoms with E-state index in [2.05, 4.69) is 5.32 Å². The summed E-state index contributed by atoms with van der Waals surface area (Å²) in [7, 11) is 0. The van der Waals surface area contributed by atoms with Crippen LogP contribution in [0, 0.1) is 5.82 Å². The average Bonchev–Trinajstić information content (AvgIpc) is 3.21. The first-order chi connectivity index (χ1) is 9.56. The zero-order chi connectivity index (χ0) is 14.5. The zero-order valence-electron chi connectivity index (χ0n) is 11.0. The molecule has 0 atom stereocenters. The maximum atomic E-state index is 13.4. The smallest absolute Gasteiger partial charge is 0.317 e. The van der Waals surface area contributed by atoms with Gasteiger partial charge in [0.15, 0.2) is 0 Å². The van der Waals surface area contributed by atoms with Gasteiger partial charge < -0.3 is 10.4 Å². The summed E-state index contributed by atoms with van der Waals surface area (Å²) in [5.74, 6) is -1.69. The third-order valence-electron chi connectivity index (χ3n) is 3.18. The molecule has 1 aromatic rings. The lowest BCUT2D eigenvalue weighted by Crippen LogP contribution is -2.34. The van der Waals surface area contributed by atoms with Gasteiger partial charge in [-0.3, -0.25) is 14.5 Å². The summed E-state index contributed by atoms with van der Waals surface area (Å²) < 4.78 is 13.4. The zero-order valence-corrected chi connectivity index (χ0v) is 11.0. The second kappa shape index (κ2) is 6.47. The van der Waals surface area contributed by atoms with Crippen molar-refractivity contribution in [2.75, 3.05) is 18.4 Å². The molecule has 1 aromatic carbocycles. The average molecular weight is 280 g/mol. The Kier molecular flexibility index (Phi) is 4.68. The standard InChI is InChI=1S/C14H17FN2O3/c15-11-3-1-2-4-12(11)16-13(18)7-8-17(9-14(19)20)10-5-6-10/h1-4,10H,5-9H2,(H,16,18)(H,19,20). The van der Waals surface area contributed by atoms with Gasteiger partial charge >= 0.3 is 5.97 Å². The summed E-state index contributed by atoms with van der Waals surface area (Å²) in [5.41, 5.74) is 0.147. The number of hydrogen-bond acceptors (Lipinski definition) is 3. The van der Waals surface area contributed by atoms with Gasteiger partial charge in [-0.2, -0.15) is 0 Å². The van der Waals surface area contributed by atoms with E-state index in [1.54, 1.807) is 17.0 Å². The number of para-hydroxylation sites is 1. The number of carboxylic acid groups (broad SMARTS) is 1. The van der Waals surface area contributed by atoms with Gasteiger partial charge in [-0.25, -0.2) is 4.39 Å². The van der Waals surface area contributed by atoms with Gasteiger partial charge in [0.2, 0.25) is 5.91 Å². The Bertz CT molecular complexity index is 503. The van der Waals surface area contributed by atoms with Crippen molar-refractivity contribution >= 4 is 17.6 Å². The van der Waals surface area contributed by atoms with Crippen molar-refractivity contribution in [1.82, 2.24) is 4.90 Å². The molecule has 0 radical (unpaired) electrons. The number of nitrogens with zero attached hydrogens (tertiary/aromatic N) is 1. The largest absolute Gasteiger partial charge is 0.480 e. The lowest BCUT2D eigenvalue weighted by molar-refractivity contribution is -0.138. The van der Waals surface area contributed by atoms with E-state index in [0.29, 0.717) is 6.54 Å². The first-order valence-electron chi connectivity index (χ1n) is 6.56. The van der Waals surface area contributed by atoms with Crippen molar-refractivity contribution in [2.45, 2.75) is 25.3 Å². The topological polar surface area (TPSA) is 69.6 Å². The van der Waals surface area contributed by atoms with Gasteiger partial charge in [-0.1, -0.05) is 12.1 Å². The number of carbonyl (C=O) groups is 2. The van der Waals surface area contributed by atoms with Crippen LogP contribution in [0.4, 0.5) is 10.1 Å². The number of benzene rings is 1. The number of anilines is 1. The summed E-state index contributed by atoms with van der Waals surface area (Å²) in [5, 5.41) is 11.3. The molecule has 0 bridgehead atoms. The molecule has 1 amide bonds. The molecule has 6 heteroatoms. The number of carbonyl (C=O) groups excluding carboxylic acids is 1. The molecular formula is C14H17FN2O3. The summed E-state index contributed by atoms with van der Waals surface area (Å²) in [6.45, 7) is 0.314. The second-order valence-corrected chi connectivity index (χ2v) is 4.87. The molecule has 1 aliphatic carbocycles. The molecule has 0 heterocycles. The molecule has 5 nitrogen and oxygen atoms in total. The predicted octanol–water partition coefficient (Wildman–Crippen LogP) is 1.70. The summed E-state index contributed by atoms with van der Waals surface area (Å²) in [4.78, 5) is 24.3. The minimum Gasteiger partial charge on any atom is -0.480 e. The van der Waals surface area contributed by atoms with Crippen LogP contribution in [-0.4, -0.2) is 41.0 Å². The number of hydrogen-bond donors (Lipinski definition) is 2. The number of carboxylic acids is 1. The Balaban J connectivity index is 1.82. The molecule has 0 unspecified atom stereocenters. The fourth-order valence-corrected chi connectivity index (χ4v) is 2.02. The highest BCUT2D eigenvalue weighted by molar-refractivity contribution is 5.90. The van der Waals surface area contributed by atoms with Gasteiger partial charge in [0.25, 0.3) is 0 Å². The molecule has 0 aliphatic heterocycles. The predicted molar refractivity (Wildman–Crippen MR) is 71.9 cm³/mol. The van der Waals surface area contributed by atoms with Gasteiger partial charge in [0.1, 0.15) is 5.82 Å². The highest BCUT2D eigenvalue weighted by Gasteiger charge is 2.30. The highest BCUT2D eigenvalue weighted by atomic mass is 19.1. The van der Waals surface area contributed by atoms with E-state index >= 15 is 0 Å². The molecule has 108 valence electrons. The van der Waals surface area contributed by atoms with Crippen LogP contribution in [0.3, 0.4) is 0 Å². The van der Waals surface area contributed by atoms with E-state index < -0.39 is 11.8 Å². The third-order valence-corrected chi connectivity index (χ3v) is 3.18. The van der Waals surface area contributed by atoms with Crippen molar-refractivity contribution < 1.29 is 19.1 Å². The number of aliphatic carboxylic acids is 1. The van der Waals surface area contributed by atoms with Crippen LogP contribution in [-0.2, 0) is 9.59 Å². The minimum absolute atomic E-state index is 0.0579. The summed E-state index contributed by atoms with van der Waals surface area (Å²) in [6.07, 6.45) is 2.10. The Hall–Kier alpha value is -1.95. The minimum atomic E-state index is -0.897. The first-order valence-corrected chi connectivity index (χ1v) is 6.56. The van der Waals surface area contributed by atoms with E-state index in [0.717, 1.165) is 12.8 Å². The number of rotatable bonds is 7. The molecule has 0 aromatic heterocycles. The van der Waals surface area contributed by atoms with Gasteiger partial charge in [0.05, 0.1) is 12.2 Å². The maximum Gasteiger partial charge on any atom is 0.317 e. The van der Waals surface area contributed by atoms with Crippen molar-refractivity contribution in [3.05, 3.63) is 30.1 Å². The summed E-state index contributed by atoms with van der Waals surface area (Å²) in [6, 6.07) is 6.22. The SMILES string of the molecule is O=C(O)CN(CCC(=O)Nc1ccccc1F)C1CC1. The second-order valence-electron chi connectivity index (χ2n) is 4.87. The van der Waals surface area contributed by atoms with E-state index in [4.69, 9.17) is 5.11 Å². The number of halogens is 1. The van der Waals surface area contributed by atoms with E-state index in [9.17, 15) is 14.0 Å². The van der Waals surface area contributed by atoms with Crippen LogP contribution in [0.25, 0.3) is 0 Å². The fraction of sp³-hybridized carbons (Fsp3) is 0.429. The monoisotopic (exact) mass is 280 g/mol. The molecule has 0 saturated heterocycles. The molecule has 2 N–H and O–H groups in total. The van der Waals surface area contributed by atoms with Crippen LogP contribution in [0.1, 0.15) is 19.3 Å². The van der Waals surface area contributed by atoms with Crippen LogP contribution in [0.5, 0.6) is 0 Å². The highest BCUT2D eigenvalue weighted by Crippen LogP contribution is 2.26. The van der Waals surface area contributed by atoms with Crippen molar-refractivity contribution in [3.63, 3.8) is 0 Å². The van der Waals surface area contributed by atoms with Crippen LogP contribution in [0.2, 0.25) is 0 Å². The van der Waals surface area contributed by atoms with Crippen molar-refractivity contribution in [1.29, 1.82) is 0 Å². The van der Waals surface area contributed by atoms with Gasteiger partial charge in [-0.05, 0) is 25.0 Å². The van der Waals surface area contributed by atoms with Crippen LogP contribution < -0.4 is 5.32 Å². The van der Waals surface area contributed by atoms with Crippen molar-refractivity contribution in [3.8, 4) is 0 Å². The fourth-order valence-electron chi connectivity index (χ4n) is 2.02. The molecule has 20 heavy (non-hydrogen) atoms.